The number of carbonyl (C=O) groups excluding carboxylic acids is 1. The quantitative estimate of drug-likeness (QED) is 0.791. The molecule has 0 amide bonds. The van der Waals surface area contributed by atoms with Crippen molar-refractivity contribution in [2.45, 2.75) is 19.8 Å². The molecule has 1 aromatic carbocycles. The van der Waals surface area contributed by atoms with Crippen molar-refractivity contribution in [3.8, 4) is 11.3 Å². The van der Waals surface area contributed by atoms with Gasteiger partial charge in [0.05, 0.1) is 5.56 Å². The van der Waals surface area contributed by atoms with Crippen LogP contribution in [0.5, 0.6) is 0 Å². The van der Waals surface area contributed by atoms with E-state index < -0.39 is 0 Å². The number of halogens is 1. The van der Waals surface area contributed by atoms with Crippen molar-refractivity contribution in [3.05, 3.63) is 40.5 Å². The molecule has 1 aromatic heterocycles. The molecule has 0 bridgehead atoms. The molecule has 0 aliphatic heterocycles. The van der Waals surface area contributed by atoms with Crippen LogP contribution < -0.4 is 0 Å². The molecule has 4 heteroatoms. The van der Waals surface area contributed by atoms with Gasteiger partial charge < -0.3 is 0 Å². The van der Waals surface area contributed by atoms with Gasteiger partial charge in [-0.3, -0.25) is 9.48 Å². The van der Waals surface area contributed by atoms with Gasteiger partial charge in [-0.1, -0.05) is 49.2 Å². The van der Waals surface area contributed by atoms with Gasteiger partial charge in [0, 0.05) is 12.6 Å². The first-order valence-electron chi connectivity index (χ1n) is 5.94. The minimum Gasteiger partial charge on any atom is -0.298 e. The molecule has 0 saturated heterocycles. The minimum atomic E-state index is 0.373. The average Bonchev–Trinajstić information content (AvgIpc) is 2.67. The molecule has 0 spiro atoms. The van der Waals surface area contributed by atoms with Gasteiger partial charge >= 0.3 is 0 Å². The zero-order valence-electron chi connectivity index (χ0n) is 10.5. The maximum absolute atomic E-state index is 11.1. The maximum Gasteiger partial charge on any atom is 0.155 e. The predicted molar refractivity (Wildman–Crippen MR) is 73.0 cm³/mol. The van der Waals surface area contributed by atoms with Crippen LogP contribution in [0.25, 0.3) is 11.3 Å². The molecule has 0 saturated carbocycles. The Morgan fingerprint density at radius 3 is 2.56 bits per heavy atom. The number of nitrogens with zero attached hydrogens (tertiary/aromatic N) is 2. The number of aromatic nitrogens is 2. The zero-order chi connectivity index (χ0) is 13.1. The van der Waals surface area contributed by atoms with Gasteiger partial charge in [-0.05, 0) is 12.0 Å². The molecule has 0 radical (unpaired) electrons. The van der Waals surface area contributed by atoms with E-state index in [-0.39, 0.29) is 0 Å². The zero-order valence-corrected chi connectivity index (χ0v) is 11.2. The standard InChI is InChI=1S/C14H15ClN2O/c1-3-4-10-5-7-11(8-6-10)13-12(9-18)14(15)17(2)16-13/h5-9H,3-4H2,1-2H3. The highest BCUT2D eigenvalue weighted by molar-refractivity contribution is 6.32. The topological polar surface area (TPSA) is 34.9 Å². The highest BCUT2D eigenvalue weighted by Gasteiger charge is 2.15. The van der Waals surface area contributed by atoms with Crippen LogP contribution >= 0.6 is 11.6 Å². The number of hydrogen-bond acceptors (Lipinski definition) is 2. The van der Waals surface area contributed by atoms with Crippen LogP contribution in [0.1, 0.15) is 29.3 Å². The lowest BCUT2D eigenvalue weighted by molar-refractivity contribution is 0.112. The van der Waals surface area contributed by atoms with Crippen LogP contribution in [-0.4, -0.2) is 16.1 Å². The summed E-state index contributed by atoms with van der Waals surface area (Å²) >= 11 is 6.01. The van der Waals surface area contributed by atoms with Crippen molar-refractivity contribution in [2.75, 3.05) is 0 Å². The van der Waals surface area contributed by atoms with Gasteiger partial charge in [0.1, 0.15) is 10.8 Å². The molecule has 0 atom stereocenters. The Labute approximate surface area is 111 Å². The van der Waals surface area contributed by atoms with E-state index in [1.807, 2.05) is 12.1 Å². The molecule has 2 rings (SSSR count). The highest BCUT2D eigenvalue weighted by Crippen LogP contribution is 2.27. The summed E-state index contributed by atoms with van der Waals surface area (Å²) in [6.45, 7) is 2.15. The third kappa shape index (κ3) is 2.31. The first kappa shape index (κ1) is 12.8. The molecule has 3 nitrogen and oxygen atoms in total. The van der Waals surface area contributed by atoms with Crippen molar-refractivity contribution in [2.24, 2.45) is 7.05 Å². The number of rotatable bonds is 4. The Morgan fingerprint density at radius 2 is 2.00 bits per heavy atom. The fourth-order valence-corrected chi connectivity index (χ4v) is 2.13. The summed E-state index contributed by atoms with van der Waals surface area (Å²) in [5.74, 6) is 0. The van der Waals surface area contributed by atoms with E-state index in [9.17, 15) is 4.79 Å². The Morgan fingerprint density at radius 1 is 1.33 bits per heavy atom. The fourth-order valence-electron chi connectivity index (χ4n) is 1.96. The number of aryl methyl sites for hydroxylation is 2. The minimum absolute atomic E-state index is 0.373. The third-order valence-corrected chi connectivity index (χ3v) is 3.34. The molecule has 0 fully saturated rings. The van der Waals surface area contributed by atoms with Crippen LogP contribution in [0.2, 0.25) is 5.15 Å². The average molecular weight is 263 g/mol. The Balaban J connectivity index is 2.42. The van der Waals surface area contributed by atoms with E-state index >= 15 is 0 Å². The second-order valence-electron chi connectivity index (χ2n) is 4.24. The smallest absolute Gasteiger partial charge is 0.155 e. The Hall–Kier alpha value is -1.61. The maximum atomic E-state index is 11.1. The van der Waals surface area contributed by atoms with Crippen LogP contribution in [-0.2, 0) is 13.5 Å². The van der Waals surface area contributed by atoms with Crippen molar-refractivity contribution in [1.82, 2.24) is 9.78 Å². The van der Waals surface area contributed by atoms with Crippen molar-refractivity contribution in [3.63, 3.8) is 0 Å². The summed E-state index contributed by atoms with van der Waals surface area (Å²) in [6, 6.07) is 8.10. The summed E-state index contributed by atoms with van der Waals surface area (Å²) in [7, 11) is 1.73. The van der Waals surface area contributed by atoms with Crippen LogP contribution in [0.4, 0.5) is 0 Å². The van der Waals surface area contributed by atoms with E-state index in [1.165, 1.54) is 10.2 Å². The van der Waals surface area contributed by atoms with Gasteiger partial charge in [0.2, 0.25) is 0 Å². The first-order valence-corrected chi connectivity index (χ1v) is 6.32. The van der Waals surface area contributed by atoms with Gasteiger partial charge in [0.15, 0.2) is 6.29 Å². The lowest BCUT2D eigenvalue weighted by atomic mass is 10.0. The molecular weight excluding hydrogens is 248 g/mol. The van der Waals surface area contributed by atoms with E-state index in [2.05, 4.69) is 24.2 Å². The van der Waals surface area contributed by atoms with Gasteiger partial charge in [0.25, 0.3) is 0 Å². The summed E-state index contributed by atoms with van der Waals surface area (Å²) in [6.07, 6.45) is 2.93. The van der Waals surface area contributed by atoms with E-state index in [1.54, 1.807) is 7.05 Å². The lowest BCUT2D eigenvalue weighted by Gasteiger charge is -2.01. The molecular formula is C14H15ClN2O. The van der Waals surface area contributed by atoms with Gasteiger partial charge in [-0.25, -0.2) is 0 Å². The van der Waals surface area contributed by atoms with E-state index in [0.717, 1.165) is 24.7 Å². The van der Waals surface area contributed by atoms with E-state index in [4.69, 9.17) is 11.6 Å². The first-order chi connectivity index (χ1) is 8.67. The lowest BCUT2D eigenvalue weighted by Crippen LogP contribution is -1.90. The number of aldehydes is 1. The van der Waals surface area contributed by atoms with Crippen molar-refractivity contribution < 1.29 is 4.79 Å². The monoisotopic (exact) mass is 262 g/mol. The van der Waals surface area contributed by atoms with Crippen LogP contribution in [0, 0.1) is 0 Å². The molecule has 0 aliphatic carbocycles. The second kappa shape index (κ2) is 5.36. The fraction of sp³-hybridized carbons (Fsp3) is 0.286. The van der Waals surface area contributed by atoms with Gasteiger partial charge in [-0.15, -0.1) is 0 Å². The molecule has 1 heterocycles. The Bertz CT molecular complexity index is 558. The second-order valence-corrected chi connectivity index (χ2v) is 4.60. The van der Waals surface area contributed by atoms with Crippen LogP contribution in [0.15, 0.2) is 24.3 Å². The number of benzene rings is 1. The molecule has 2 aromatic rings. The van der Waals surface area contributed by atoms with E-state index in [0.29, 0.717) is 16.4 Å². The molecule has 0 aliphatic rings. The number of carbonyl (C=O) groups is 1. The summed E-state index contributed by atoms with van der Waals surface area (Å²) in [5, 5.41) is 4.65. The number of hydrogen-bond donors (Lipinski definition) is 0. The summed E-state index contributed by atoms with van der Waals surface area (Å²) in [5.41, 5.74) is 3.29. The van der Waals surface area contributed by atoms with Crippen molar-refractivity contribution >= 4 is 17.9 Å². The predicted octanol–water partition coefficient (Wildman–Crippen LogP) is 3.51. The normalized spacial score (nSPS) is 10.6. The summed E-state index contributed by atoms with van der Waals surface area (Å²) in [4.78, 5) is 11.1. The molecule has 18 heavy (non-hydrogen) atoms. The third-order valence-electron chi connectivity index (χ3n) is 2.90. The largest absolute Gasteiger partial charge is 0.298 e. The Kier molecular flexibility index (Phi) is 3.82. The van der Waals surface area contributed by atoms with Crippen molar-refractivity contribution in [1.29, 1.82) is 0 Å². The van der Waals surface area contributed by atoms with Crippen LogP contribution in [0.3, 0.4) is 0 Å². The van der Waals surface area contributed by atoms with Gasteiger partial charge in [-0.2, -0.15) is 5.10 Å². The molecule has 0 N–H and O–H groups in total. The molecule has 94 valence electrons. The highest BCUT2D eigenvalue weighted by atomic mass is 35.5. The molecule has 0 unspecified atom stereocenters. The SMILES string of the molecule is CCCc1ccc(-c2nn(C)c(Cl)c2C=O)cc1. The summed E-state index contributed by atoms with van der Waals surface area (Å²) < 4.78 is 1.51.